The fourth-order valence-electron chi connectivity index (χ4n) is 3.39. The number of anilines is 2. The Morgan fingerprint density at radius 1 is 1.00 bits per heavy atom. The Kier molecular flexibility index (Phi) is 4.71. The molecule has 30 heavy (non-hydrogen) atoms. The van der Waals surface area contributed by atoms with Crippen molar-refractivity contribution < 1.29 is 23.1 Å². The Balaban J connectivity index is 1.82. The van der Waals surface area contributed by atoms with Crippen molar-refractivity contribution in [3.8, 4) is 5.75 Å². The zero-order valence-electron chi connectivity index (χ0n) is 16.9. The van der Waals surface area contributed by atoms with Gasteiger partial charge in [0.15, 0.2) is 0 Å². The lowest BCUT2D eigenvalue weighted by molar-refractivity contribution is 0.0285. The molecule has 0 saturated carbocycles. The first-order chi connectivity index (χ1) is 14.1. The first-order valence-electron chi connectivity index (χ1n) is 9.40. The van der Waals surface area contributed by atoms with E-state index in [4.69, 9.17) is 4.74 Å². The van der Waals surface area contributed by atoms with Crippen LogP contribution in [0.15, 0.2) is 65.6 Å². The van der Waals surface area contributed by atoms with Gasteiger partial charge in [-0.15, -0.1) is 0 Å². The van der Waals surface area contributed by atoms with Crippen molar-refractivity contribution in [3.63, 3.8) is 0 Å². The van der Waals surface area contributed by atoms with Crippen LogP contribution in [0.4, 0.5) is 16.2 Å². The molecular formula is C22H22N2O5S. The second-order valence-corrected chi connectivity index (χ2v) is 9.60. The van der Waals surface area contributed by atoms with Gasteiger partial charge in [0.05, 0.1) is 17.0 Å². The highest BCUT2D eigenvalue weighted by molar-refractivity contribution is 7.94. The summed E-state index contributed by atoms with van der Waals surface area (Å²) in [6.45, 7) is 3.24. The molecule has 1 N–H and O–H groups in total. The van der Waals surface area contributed by atoms with Crippen LogP contribution >= 0.6 is 0 Å². The number of benzene rings is 3. The van der Waals surface area contributed by atoms with Crippen molar-refractivity contribution in [2.75, 3.05) is 22.9 Å². The Bertz CT molecular complexity index is 1240. The zero-order valence-corrected chi connectivity index (χ0v) is 17.7. The van der Waals surface area contributed by atoms with E-state index in [1.807, 2.05) is 18.2 Å². The molecule has 156 valence electrons. The molecule has 1 heterocycles. The first kappa shape index (κ1) is 20.2. The molecular weight excluding hydrogens is 404 g/mol. The number of nitrogens with zero attached hydrogens (tertiary/aromatic N) is 2. The number of carbonyl (C=O) groups is 1. The van der Waals surface area contributed by atoms with Gasteiger partial charge >= 0.3 is 6.03 Å². The number of ether oxygens (including phenoxy) is 1. The monoisotopic (exact) mass is 426 g/mol. The van der Waals surface area contributed by atoms with E-state index in [1.165, 1.54) is 30.1 Å². The number of sulfonamides is 1. The van der Waals surface area contributed by atoms with Crippen molar-refractivity contribution >= 4 is 38.2 Å². The van der Waals surface area contributed by atoms with Gasteiger partial charge in [0.2, 0.25) is 0 Å². The van der Waals surface area contributed by atoms with Crippen LogP contribution in [0.2, 0.25) is 0 Å². The molecule has 0 aromatic heterocycles. The minimum absolute atomic E-state index is 0.00754. The molecule has 0 bridgehead atoms. The van der Waals surface area contributed by atoms with Gasteiger partial charge < -0.3 is 9.84 Å². The molecule has 0 fully saturated rings. The minimum Gasteiger partial charge on any atom is -0.491 e. The molecule has 0 saturated heterocycles. The number of hydrogen-bond acceptors (Lipinski definition) is 5. The van der Waals surface area contributed by atoms with Crippen molar-refractivity contribution in [1.82, 2.24) is 0 Å². The SMILES string of the molecule is CN1C(=O)N(c2cccc3ccccc23)S(=O)(=O)c2ccc(OCC(C)(C)O)cc21. The third kappa shape index (κ3) is 3.38. The smallest absolute Gasteiger partial charge is 0.342 e. The molecule has 4 rings (SSSR count). The fraction of sp³-hybridized carbons (Fsp3) is 0.227. The van der Waals surface area contributed by atoms with Crippen LogP contribution in [0.3, 0.4) is 0 Å². The summed E-state index contributed by atoms with van der Waals surface area (Å²) in [5, 5.41) is 11.4. The van der Waals surface area contributed by atoms with Crippen LogP contribution in [-0.4, -0.2) is 38.8 Å². The van der Waals surface area contributed by atoms with Crippen molar-refractivity contribution in [2.45, 2.75) is 24.3 Å². The Morgan fingerprint density at radius 3 is 2.43 bits per heavy atom. The summed E-state index contributed by atoms with van der Waals surface area (Å²) in [5.41, 5.74) is -0.516. The molecule has 1 aliphatic heterocycles. The summed E-state index contributed by atoms with van der Waals surface area (Å²) in [4.78, 5) is 14.5. The van der Waals surface area contributed by atoms with E-state index in [9.17, 15) is 18.3 Å². The Labute approximate surface area is 175 Å². The quantitative estimate of drug-likeness (QED) is 0.687. The van der Waals surface area contributed by atoms with Crippen LogP contribution < -0.4 is 13.9 Å². The summed E-state index contributed by atoms with van der Waals surface area (Å²) < 4.78 is 33.3. The van der Waals surface area contributed by atoms with Crippen molar-refractivity contribution in [1.29, 1.82) is 0 Å². The number of aliphatic hydroxyl groups is 1. The molecule has 0 radical (unpaired) electrons. The van der Waals surface area contributed by atoms with Gasteiger partial charge in [-0.1, -0.05) is 36.4 Å². The highest BCUT2D eigenvalue weighted by Gasteiger charge is 2.42. The van der Waals surface area contributed by atoms with E-state index in [0.29, 0.717) is 16.8 Å². The van der Waals surface area contributed by atoms with Crippen molar-refractivity contribution in [3.05, 3.63) is 60.7 Å². The lowest BCUT2D eigenvalue weighted by atomic mass is 10.1. The maximum atomic E-state index is 13.4. The molecule has 2 amide bonds. The number of fused-ring (bicyclic) bond motifs is 2. The zero-order chi connectivity index (χ0) is 21.7. The van der Waals surface area contributed by atoms with Crippen LogP contribution in [0.5, 0.6) is 5.75 Å². The number of amides is 2. The van der Waals surface area contributed by atoms with Crippen LogP contribution in [-0.2, 0) is 10.0 Å². The van der Waals surface area contributed by atoms with E-state index < -0.39 is 21.7 Å². The van der Waals surface area contributed by atoms with E-state index in [-0.39, 0.29) is 17.2 Å². The maximum absolute atomic E-state index is 13.4. The standard InChI is InChI=1S/C22H22N2O5S/c1-22(2,26)14-29-16-11-12-20-19(13-16)23(3)21(25)24(30(20,27)28)18-10-6-8-15-7-4-5-9-17(15)18/h4-13,26H,14H2,1-3H3. The Hall–Kier alpha value is -3.10. The van der Waals surface area contributed by atoms with Crippen LogP contribution in [0.1, 0.15) is 13.8 Å². The average Bonchev–Trinajstić information content (AvgIpc) is 2.70. The largest absolute Gasteiger partial charge is 0.491 e. The third-order valence-electron chi connectivity index (χ3n) is 4.85. The summed E-state index contributed by atoms with van der Waals surface area (Å²) in [6.07, 6.45) is 0. The molecule has 1 aliphatic rings. The molecule has 0 spiro atoms. The topological polar surface area (TPSA) is 87.2 Å². The number of rotatable bonds is 4. The fourth-order valence-corrected chi connectivity index (χ4v) is 5.03. The molecule has 3 aromatic rings. The summed E-state index contributed by atoms with van der Waals surface area (Å²) in [5.74, 6) is 0.365. The van der Waals surface area contributed by atoms with Crippen LogP contribution in [0, 0.1) is 0 Å². The predicted molar refractivity (Wildman–Crippen MR) is 116 cm³/mol. The normalized spacial score (nSPS) is 15.9. The number of urea groups is 1. The second kappa shape index (κ2) is 7.00. The minimum atomic E-state index is -4.13. The lowest BCUT2D eigenvalue weighted by Crippen LogP contribution is -2.49. The van der Waals surface area contributed by atoms with Crippen molar-refractivity contribution in [2.24, 2.45) is 0 Å². The van der Waals surface area contributed by atoms with Gasteiger partial charge in [-0.25, -0.2) is 13.2 Å². The van der Waals surface area contributed by atoms with E-state index in [0.717, 1.165) is 9.69 Å². The van der Waals surface area contributed by atoms with Gasteiger partial charge in [-0.3, -0.25) is 4.90 Å². The van der Waals surface area contributed by atoms with Gasteiger partial charge in [0.25, 0.3) is 10.0 Å². The highest BCUT2D eigenvalue weighted by atomic mass is 32.2. The number of hydrogen-bond donors (Lipinski definition) is 1. The average molecular weight is 426 g/mol. The van der Waals surface area contributed by atoms with Gasteiger partial charge in [0, 0.05) is 18.5 Å². The van der Waals surface area contributed by atoms with E-state index in [1.54, 1.807) is 38.1 Å². The predicted octanol–water partition coefficient (Wildman–Crippen LogP) is 3.75. The van der Waals surface area contributed by atoms with Crippen LogP contribution in [0.25, 0.3) is 10.8 Å². The van der Waals surface area contributed by atoms with E-state index >= 15 is 0 Å². The summed E-state index contributed by atoms with van der Waals surface area (Å²) in [6, 6.07) is 16.3. The van der Waals surface area contributed by atoms with Gasteiger partial charge in [-0.05, 0) is 37.4 Å². The van der Waals surface area contributed by atoms with Gasteiger partial charge in [-0.2, -0.15) is 4.31 Å². The summed E-state index contributed by atoms with van der Waals surface area (Å²) >= 11 is 0. The number of carbonyl (C=O) groups excluding carboxylic acids is 1. The lowest BCUT2D eigenvalue weighted by Gasteiger charge is -2.34. The van der Waals surface area contributed by atoms with E-state index in [2.05, 4.69) is 0 Å². The van der Waals surface area contributed by atoms with Gasteiger partial charge in [0.1, 0.15) is 17.3 Å². The molecule has 0 unspecified atom stereocenters. The molecule has 0 aliphatic carbocycles. The Morgan fingerprint density at radius 2 is 1.70 bits per heavy atom. The second-order valence-electron chi connectivity index (χ2n) is 7.84. The highest BCUT2D eigenvalue weighted by Crippen LogP contribution is 2.40. The molecule has 7 nitrogen and oxygen atoms in total. The maximum Gasteiger partial charge on any atom is 0.342 e. The molecule has 8 heteroatoms. The summed E-state index contributed by atoms with van der Waals surface area (Å²) in [7, 11) is -2.61. The molecule has 0 atom stereocenters. The third-order valence-corrected chi connectivity index (χ3v) is 6.58. The first-order valence-corrected chi connectivity index (χ1v) is 10.8. The molecule has 3 aromatic carbocycles.